The Labute approximate surface area is 205 Å². The van der Waals surface area contributed by atoms with Gasteiger partial charge in [0.15, 0.2) is 5.78 Å². The van der Waals surface area contributed by atoms with E-state index in [1.54, 1.807) is 72.9 Å². The van der Waals surface area contributed by atoms with Gasteiger partial charge in [-0.15, -0.1) is 0 Å². The van der Waals surface area contributed by atoms with Crippen molar-refractivity contribution in [2.45, 2.75) is 72.8 Å². The van der Waals surface area contributed by atoms with Gasteiger partial charge in [-0.25, -0.2) is 0 Å². The molecule has 0 aromatic heterocycles. The fourth-order valence-electron chi connectivity index (χ4n) is 3.74. The third-order valence-electron chi connectivity index (χ3n) is 6.30. The average Bonchev–Trinajstić information content (AvgIpc) is 2.76. The second-order valence-electron chi connectivity index (χ2n) is 10.9. The largest absolute Gasteiger partial charge is 0.468 e. The summed E-state index contributed by atoms with van der Waals surface area (Å²) in [6.07, 6.45) is -0.123. The van der Waals surface area contributed by atoms with E-state index in [0.717, 1.165) is 0 Å². The van der Waals surface area contributed by atoms with E-state index in [4.69, 9.17) is 17.3 Å². The first-order valence-corrected chi connectivity index (χ1v) is 11.3. The summed E-state index contributed by atoms with van der Waals surface area (Å²) in [6.45, 7) is 13.2. The van der Waals surface area contributed by atoms with Crippen LogP contribution in [0.1, 0.15) is 72.9 Å². The van der Waals surface area contributed by atoms with Gasteiger partial charge in [0, 0.05) is 13.5 Å². The van der Waals surface area contributed by atoms with E-state index in [1.165, 1.54) is 25.9 Å². The summed E-state index contributed by atoms with van der Waals surface area (Å²) in [6, 6.07) is 7.17. The summed E-state index contributed by atoms with van der Waals surface area (Å²) in [5.41, 5.74) is -3.39. The lowest BCUT2D eigenvalue weighted by molar-refractivity contribution is -0.171. The standard InChI is InChI=1S/C26H38BNO6/c1-23(2,20(30)28(9)16-27)15-19(29)25(5,6)22(32)34-26(7,8)18-14-12-11-13-17(18)24(3,4)21(31)33-10/h11-14H,15-16H2,1-10H3. The van der Waals surface area contributed by atoms with Crippen LogP contribution in [0.3, 0.4) is 0 Å². The summed E-state index contributed by atoms with van der Waals surface area (Å²) in [5, 5.41) is 0. The number of nitrogens with zero attached hydrogens (tertiary/aromatic N) is 1. The lowest BCUT2D eigenvalue weighted by atomic mass is 9.76. The van der Waals surface area contributed by atoms with E-state index in [2.05, 4.69) is 0 Å². The molecule has 8 heteroatoms. The molecule has 0 unspecified atom stereocenters. The minimum atomic E-state index is -1.50. The Kier molecular flexibility index (Phi) is 8.92. The van der Waals surface area contributed by atoms with Crippen molar-refractivity contribution in [3.05, 3.63) is 35.4 Å². The quantitative estimate of drug-likeness (QED) is 0.295. The van der Waals surface area contributed by atoms with Crippen LogP contribution in [0.5, 0.6) is 0 Å². The molecule has 1 aromatic carbocycles. The normalized spacial score (nSPS) is 12.6. The van der Waals surface area contributed by atoms with E-state index in [0.29, 0.717) is 11.1 Å². The smallest absolute Gasteiger partial charge is 0.319 e. The highest BCUT2D eigenvalue weighted by atomic mass is 16.6. The average molecular weight is 471 g/mol. The zero-order valence-electron chi connectivity index (χ0n) is 22.2. The predicted octanol–water partition coefficient (Wildman–Crippen LogP) is 3.51. The van der Waals surface area contributed by atoms with E-state index >= 15 is 0 Å². The maximum atomic E-state index is 13.2. The van der Waals surface area contributed by atoms with Crippen LogP contribution in [0.25, 0.3) is 0 Å². The number of hydrogen-bond acceptors (Lipinski definition) is 6. The number of benzene rings is 1. The Hall–Kier alpha value is -2.64. The van der Waals surface area contributed by atoms with Crippen LogP contribution in [0.2, 0.25) is 0 Å². The molecule has 0 aliphatic carbocycles. The van der Waals surface area contributed by atoms with Gasteiger partial charge in [0.05, 0.1) is 25.8 Å². The lowest BCUT2D eigenvalue weighted by Crippen LogP contribution is -2.45. The van der Waals surface area contributed by atoms with Crippen LogP contribution < -0.4 is 0 Å². The maximum absolute atomic E-state index is 13.2. The van der Waals surface area contributed by atoms with Crippen molar-refractivity contribution in [2.75, 3.05) is 20.6 Å². The van der Waals surface area contributed by atoms with Crippen LogP contribution in [0.4, 0.5) is 0 Å². The highest BCUT2D eigenvalue weighted by Gasteiger charge is 2.45. The van der Waals surface area contributed by atoms with E-state index in [9.17, 15) is 19.2 Å². The number of amides is 1. The second-order valence-corrected chi connectivity index (χ2v) is 10.9. The molecule has 7 nitrogen and oxygen atoms in total. The Morgan fingerprint density at radius 2 is 1.38 bits per heavy atom. The van der Waals surface area contributed by atoms with Gasteiger partial charge in [-0.3, -0.25) is 19.2 Å². The highest BCUT2D eigenvalue weighted by molar-refractivity contribution is 6.10. The number of methoxy groups -OCH3 is 1. The van der Waals surface area contributed by atoms with Crippen molar-refractivity contribution in [1.82, 2.24) is 4.90 Å². The Morgan fingerprint density at radius 3 is 1.85 bits per heavy atom. The van der Waals surface area contributed by atoms with Crippen LogP contribution >= 0.6 is 0 Å². The van der Waals surface area contributed by atoms with Crippen molar-refractivity contribution in [1.29, 1.82) is 0 Å². The molecule has 0 aliphatic rings. The highest BCUT2D eigenvalue weighted by Crippen LogP contribution is 2.38. The number of carbonyl (C=O) groups is 4. The number of esters is 2. The van der Waals surface area contributed by atoms with Crippen molar-refractivity contribution < 1.29 is 28.7 Å². The van der Waals surface area contributed by atoms with Crippen molar-refractivity contribution in [3.8, 4) is 0 Å². The summed E-state index contributed by atoms with van der Waals surface area (Å²) in [4.78, 5) is 52.7. The molecule has 1 aromatic rings. The molecule has 0 spiro atoms. The van der Waals surface area contributed by atoms with Gasteiger partial charge in [0.25, 0.3) is 0 Å². The molecule has 0 fully saturated rings. The van der Waals surface area contributed by atoms with Crippen LogP contribution in [-0.4, -0.2) is 57.0 Å². The Morgan fingerprint density at radius 1 is 0.882 bits per heavy atom. The van der Waals surface area contributed by atoms with Crippen LogP contribution in [0, 0.1) is 10.8 Å². The molecular weight excluding hydrogens is 433 g/mol. The number of Topliss-reactive ketones (excluding diaryl/α,β-unsaturated/α-hetero) is 1. The molecule has 2 radical (unpaired) electrons. The molecule has 34 heavy (non-hydrogen) atoms. The molecule has 1 amide bonds. The van der Waals surface area contributed by atoms with Gasteiger partial charge in [0.1, 0.15) is 11.0 Å². The molecule has 0 saturated carbocycles. The van der Waals surface area contributed by atoms with Gasteiger partial charge in [0.2, 0.25) is 5.91 Å². The zero-order chi connectivity index (χ0) is 26.7. The fourth-order valence-corrected chi connectivity index (χ4v) is 3.74. The summed E-state index contributed by atoms with van der Waals surface area (Å²) in [5.74, 6) is -1.84. The van der Waals surface area contributed by atoms with Gasteiger partial charge in [-0.2, -0.15) is 0 Å². The van der Waals surface area contributed by atoms with Gasteiger partial charge in [-0.05, 0) is 59.1 Å². The molecule has 0 N–H and O–H groups in total. The van der Waals surface area contributed by atoms with E-state index in [-0.39, 0.29) is 18.8 Å². The minimum Gasteiger partial charge on any atom is -0.468 e. The lowest BCUT2D eigenvalue weighted by Gasteiger charge is -2.35. The first-order chi connectivity index (χ1) is 15.4. The minimum absolute atomic E-state index is 0.0252. The predicted molar refractivity (Wildman–Crippen MR) is 131 cm³/mol. The summed E-state index contributed by atoms with van der Waals surface area (Å²) >= 11 is 0. The number of hydrogen-bond donors (Lipinski definition) is 0. The number of ketones is 1. The third kappa shape index (κ3) is 6.07. The van der Waals surface area contributed by atoms with Crippen molar-refractivity contribution in [3.63, 3.8) is 0 Å². The molecule has 0 aliphatic heterocycles. The molecule has 186 valence electrons. The first-order valence-electron chi connectivity index (χ1n) is 11.3. The molecule has 1 rings (SSSR count). The monoisotopic (exact) mass is 471 g/mol. The molecule has 0 bridgehead atoms. The number of ether oxygens (including phenoxy) is 2. The van der Waals surface area contributed by atoms with Gasteiger partial charge >= 0.3 is 11.9 Å². The van der Waals surface area contributed by atoms with E-state index < -0.39 is 39.6 Å². The summed E-state index contributed by atoms with van der Waals surface area (Å²) < 4.78 is 10.8. The first kappa shape index (κ1) is 29.4. The van der Waals surface area contributed by atoms with E-state index in [1.807, 2.05) is 0 Å². The summed E-state index contributed by atoms with van der Waals surface area (Å²) in [7, 11) is 8.43. The van der Waals surface area contributed by atoms with Gasteiger partial charge < -0.3 is 14.4 Å². The van der Waals surface area contributed by atoms with Crippen LogP contribution in [0.15, 0.2) is 24.3 Å². The van der Waals surface area contributed by atoms with Crippen LogP contribution in [-0.2, 0) is 39.7 Å². The SMILES string of the molecule is [B]CN(C)C(=O)C(C)(C)CC(=O)C(C)(C)C(=O)OC(C)(C)c1ccccc1C(C)(C)C(=O)OC. The van der Waals surface area contributed by atoms with Crippen molar-refractivity contribution >= 4 is 31.5 Å². The second kappa shape index (κ2) is 10.3. The van der Waals surface area contributed by atoms with Gasteiger partial charge in [-0.1, -0.05) is 38.1 Å². The zero-order valence-corrected chi connectivity index (χ0v) is 22.2. The number of carbonyl (C=O) groups excluding carboxylic acids is 4. The van der Waals surface area contributed by atoms with Crippen molar-refractivity contribution in [2.24, 2.45) is 10.8 Å². The number of rotatable bonds is 10. The maximum Gasteiger partial charge on any atom is 0.319 e. The molecular formula is C26H38BNO6. The fraction of sp³-hybridized carbons (Fsp3) is 0.615. The molecule has 0 saturated heterocycles. The Balaban J connectivity index is 3.23. The topological polar surface area (TPSA) is 90.0 Å². The Bertz CT molecular complexity index is 948. The molecule has 0 atom stereocenters. The third-order valence-corrected chi connectivity index (χ3v) is 6.30. The molecule has 0 heterocycles.